The Balaban J connectivity index is 1.80. The summed E-state index contributed by atoms with van der Waals surface area (Å²) in [5.41, 5.74) is 0. The minimum atomic E-state index is 0.144. The molecule has 1 unspecified atom stereocenters. The van der Waals surface area contributed by atoms with Crippen LogP contribution in [0.1, 0.15) is 25.7 Å². The first kappa shape index (κ1) is 8.81. The number of rotatable bonds is 3. The monoisotopic (exact) mass is 183 g/mol. The van der Waals surface area contributed by atoms with Crippen molar-refractivity contribution < 1.29 is 4.84 Å². The first-order valence-electron chi connectivity index (χ1n) is 5.04. The summed E-state index contributed by atoms with van der Waals surface area (Å²) in [5.74, 6) is 1.59. The Morgan fingerprint density at radius 3 is 3.00 bits per heavy atom. The van der Waals surface area contributed by atoms with Crippen LogP contribution in [0, 0.1) is 5.92 Å². The molecule has 0 aromatic rings. The number of likely N-dealkylation sites (N-methyl/N-ethyl adjacent to an activating group) is 1. The molecule has 0 bridgehead atoms. The third-order valence-corrected chi connectivity index (χ3v) is 2.76. The fourth-order valence-electron chi connectivity index (χ4n) is 2.05. The van der Waals surface area contributed by atoms with Crippen LogP contribution in [0.2, 0.25) is 0 Å². The topological polar surface area (TPSA) is 45.7 Å². The highest BCUT2D eigenvalue weighted by Crippen LogP contribution is 2.29. The van der Waals surface area contributed by atoms with Gasteiger partial charge in [-0.3, -0.25) is 0 Å². The van der Waals surface area contributed by atoms with Crippen LogP contribution in [-0.2, 0) is 4.84 Å². The summed E-state index contributed by atoms with van der Waals surface area (Å²) in [5, 5.41) is 10.3. The molecule has 0 amide bonds. The van der Waals surface area contributed by atoms with Gasteiger partial charge in [-0.1, -0.05) is 18.0 Å². The molecule has 0 aromatic heterocycles. The number of oxime groups is 1. The lowest BCUT2D eigenvalue weighted by Crippen LogP contribution is -2.38. The van der Waals surface area contributed by atoms with E-state index >= 15 is 0 Å². The lowest BCUT2D eigenvalue weighted by molar-refractivity contribution is 0.0297. The van der Waals surface area contributed by atoms with E-state index in [4.69, 9.17) is 4.84 Å². The molecule has 4 heteroatoms. The molecular weight excluding hydrogens is 166 g/mol. The quantitative estimate of drug-likeness (QED) is 0.675. The standard InChI is InChI=1S/C9H17N3O/c1-10-6-8-11-9(13-12-8)7-4-2-3-5-7/h7,9-10H,2-6H2,1H3,(H,11,12). The molecule has 1 aliphatic heterocycles. The third kappa shape index (κ3) is 1.94. The fraction of sp³-hybridized carbons (Fsp3) is 0.889. The zero-order chi connectivity index (χ0) is 9.10. The number of hydrogen-bond donors (Lipinski definition) is 2. The molecule has 1 saturated carbocycles. The van der Waals surface area contributed by atoms with Gasteiger partial charge in [0.05, 0.1) is 6.54 Å². The first-order chi connectivity index (χ1) is 6.40. The summed E-state index contributed by atoms with van der Waals surface area (Å²) in [7, 11) is 1.91. The average molecular weight is 183 g/mol. The maximum absolute atomic E-state index is 5.34. The van der Waals surface area contributed by atoms with Crippen LogP contribution in [0.4, 0.5) is 0 Å². The van der Waals surface area contributed by atoms with Gasteiger partial charge in [0.1, 0.15) is 0 Å². The Labute approximate surface area is 78.7 Å². The summed E-state index contributed by atoms with van der Waals surface area (Å²) in [6.07, 6.45) is 5.38. The highest BCUT2D eigenvalue weighted by molar-refractivity contribution is 5.84. The molecule has 4 nitrogen and oxygen atoms in total. The van der Waals surface area contributed by atoms with Crippen molar-refractivity contribution in [3.05, 3.63) is 0 Å². The summed E-state index contributed by atoms with van der Waals surface area (Å²) in [4.78, 5) is 5.34. The molecule has 2 N–H and O–H groups in total. The van der Waals surface area contributed by atoms with Gasteiger partial charge >= 0.3 is 0 Å². The Bertz CT molecular complexity index is 199. The van der Waals surface area contributed by atoms with E-state index in [9.17, 15) is 0 Å². The van der Waals surface area contributed by atoms with E-state index in [-0.39, 0.29) is 6.23 Å². The molecular formula is C9H17N3O. The minimum absolute atomic E-state index is 0.144. The Hall–Kier alpha value is -0.770. The molecule has 13 heavy (non-hydrogen) atoms. The van der Waals surface area contributed by atoms with Crippen molar-refractivity contribution in [1.29, 1.82) is 0 Å². The SMILES string of the molecule is CNCC1=NOC(C2CCCC2)N1. The van der Waals surface area contributed by atoms with Gasteiger partial charge in [0.2, 0.25) is 6.23 Å². The highest BCUT2D eigenvalue weighted by atomic mass is 16.7. The average Bonchev–Trinajstić information content (AvgIpc) is 2.70. The summed E-state index contributed by atoms with van der Waals surface area (Å²) < 4.78 is 0. The van der Waals surface area contributed by atoms with Crippen LogP contribution in [0.3, 0.4) is 0 Å². The molecule has 0 aromatic carbocycles. The molecule has 1 aliphatic carbocycles. The minimum Gasteiger partial charge on any atom is -0.369 e. The van der Waals surface area contributed by atoms with Crippen molar-refractivity contribution in [2.45, 2.75) is 31.9 Å². The maximum atomic E-state index is 5.34. The van der Waals surface area contributed by atoms with Crippen molar-refractivity contribution >= 4 is 5.84 Å². The Kier molecular flexibility index (Phi) is 2.68. The Morgan fingerprint density at radius 2 is 2.31 bits per heavy atom. The van der Waals surface area contributed by atoms with Crippen LogP contribution >= 0.6 is 0 Å². The number of nitrogens with one attached hydrogen (secondary N) is 2. The normalized spacial score (nSPS) is 28.4. The summed E-state index contributed by atoms with van der Waals surface area (Å²) in [6.45, 7) is 0.767. The Morgan fingerprint density at radius 1 is 1.54 bits per heavy atom. The number of nitrogens with zero attached hydrogens (tertiary/aromatic N) is 1. The predicted molar refractivity (Wildman–Crippen MR) is 51.3 cm³/mol. The molecule has 1 heterocycles. The van der Waals surface area contributed by atoms with Gasteiger partial charge in [-0.15, -0.1) is 0 Å². The van der Waals surface area contributed by atoms with E-state index in [1.807, 2.05) is 7.05 Å². The molecule has 2 rings (SSSR count). The van der Waals surface area contributed by atoms with Gasteiger partial charge in [-0.2, -0.15) is 0 Å². The van der Waals surface area contributed by atoms with Gasteiger partial charge in [0, 0.05) is 5.92 Å². The molecule has 0 radical (unpaired) electrons. The number of amidine groups is 1. The van der Waals surface area contributed by atoms with E-state index in [1.54, 1.807) is 0 Å². The molecule has 0 spiro atoms. The van der Waals surface area contributed by atoms with Crippen molar-refractivity contribution in [3.63, 3.8) is 0 Å². The van der Waals surface area contributed by atoms with Crippen molar-refractivity contribution in [3.8, 4) is 0 Å². The predicted octanol–water partition coefficient (Wildman–Crippen LogP) is 0.655. The van der Waals surface area contributed by atoms with Gasteiger partial charge in [0.25, 0.3) is 0 Å². The highest BCUT2D eigenvalue weighted by Gasteiger charge is 2.30. The first-order valence-corrected chi connectivity index (χ1v) is 5.04. The second-order valence-electron chi connectivity index (χ2n) is 3.78. The van der Waals surface area contributed by atoms with Crippen LogP contribution < -0.4 is 10.6 Å². The van der Waals surface area contributed by atoms with Crippen molar-refractivity contribution in [2.24, 2.45) is 11.1 Å². The van der Waals surface area contributed by atoms with E-state index < -0.39 is 0 Å². The third-order valence-electron chi connectivity index (χ3n) is 2.76. The molecule has 1 fully saturated rings. The van der Waals surface area contributed by atoms with E-state index in [0.717, 1.165) is 12.4 Å². The number of hydrogen-bond acceptors (Lipinski definition) is 4. The molecule has 74 valence electrons. The van der Waals surface area contributed by atoms with E-state index in [1.165, 1.54) is 25.7 Å². The van der Waals surface area contributed by atoms with Gasteiger partial charge in [0.15, 0.2) is 5.84 Å². The van der Waals surface area contributed by atoms with E-state index in [2.05, 4.69) is 15.8 Å². The van der Waals surface area contributed by atoms with Crippen LogP contribution in [0.25, 0.3) is 0 Å². The molecule has 2 aliphatic rings. The fourth-order valence-corrected chi connectivity index (χ4v) is 2.05. The lowest BCUT2D eigenvalue weighted by Gasteiger charge is -2.16. The van der Waals surface area contributed by atoms with Crippen molar-refractivity contribution in [2.75, 3.05) is 13.6 Å². The lowest BCUT2D eigenvalue weighted by atomic mass is 10.1. The maximum Gasteiger partial charge on any atom is 0.201 e. The van der Waals surface area contributed by atoms with Gasteiger partial charge < -0.3 is 15.5 Å². The second kappa shape index (κ2) is 3.96. The van der Waals surface area contributed by atoms with E-state index in [0.29, 0.717) is 5.92 Å². The van der Waals surface area contributed by atoms with Gasteiger partial charge in [-0.05, 0) is 19.9 Å². The zero-order valence-electron chi connectivity index (χ0n) is 8.05. The van der Waals surface area contributed by atoms with Crippen molar-refractivity contribution in [1.82, 2.24) is 10.6 Å². The van der Waals surface area contributed by atoms with Crippen LogP contribution in [0.5, 0.6) is 0 Å². The molecule has 0 saturated heterocycles. The molecule has 1 atom stereocenters. The summed E-state index contributed by atoms with van der Waals surface area (Å²) >= 11 is 0. The van der Waals surface area contributed by atoms with Crippen LogP contribution in [-0.4, -0.2) is 25.7 Å². The smallest absolute Gasteiger partial charge is 0.201 e. The summed E-state index contributed by atoms with van der Waals surface area (Å²) in [6, 6.07) is 0. The largest absolute Gasteiger partial charge is 0.369 e. The zero-order valence-corrected chi connectivity index (χ0v) is 8.05. The van der Waals surface area contributed by atoms with Gasteiger partial charge in [-0.25, -0.2) is 0 Å². The second-order valence-corrected chi connectivity index (χ2v) is 3.78. The van der Waals surface area contributed by atoms with Crippen LogP contribution in [0.15, 0.2) is 5.16 Å².